The lowest BCUT2D eigenvalue weighted by Gasteiger charge is -2.35. The van der Waals surface area contributed by atoms with Crippen LogP contribution in [0.2, 0.25) is 0 Å². The number of carbonyl (C=O) groups is 1. The third-order valence-corrected chi connectivity index (χ3v) is 4.09. The smallest absolute Gasteiger partial charge is 0.435 e. The van der Waals surface area contributed by atoms with Gasteiger partial charge in [0.2, 0.25) is 0 Å². The van der Waals surface area contributed by atoms with Gasteiger partial charge in [-0.3, -0.25) is 4.55 Å². The number of alkyl halides is 6. The van der Waals surface area contributed by atoms with Gasteiger partial charge in [0, 0.05) is 5.69 Å². The van der Waals surface area contributed by atoms with Crippen LogP contribution in [-0.2, 0) is 14.9 Å². The molecule has 0 radical (unpaired) electrons. The molecule has 15 heteroatoms. The van der Waals surface area contributed by atoms with Crippen molar-refractivity contribution in [3.63, 3.8) is 0 Å². The summed E-state index contributed by atoms with van der Waals surface area (Å²) in [5, 5.41) is 0. The molecule has 3 N–H and O–H groups in total. The van der Waals surface area contributed by atoms with E-state index in [4.69, 9.17) is 10.3 Å². The molecule has 1 rings (SSSR count). The second-order valence-electron chi connectivity index (χ2n) is 5.48. The predicted octanol–water partition coefficient (Wildman–Crippen LogP) is -1.31. The molecule has 0 spiro atoms. The van der Waals surface area contributed by atoms with Crippen molar-refractivity contribution >= 4 is 48.4 Å². The van der Waals surface area contributed by atoms with Gasteiger partial charge in [0.25, 0.3) is 10.1 Å². The summed E-state index contributed by atoms with van der Waals surface area (Å²) in [4.78, 5) is 12.0. The minimum atomic E-state index is -6.40. The van der Waals surface area contributed by atoms with Gasteiger partial charge in [0.05, 0.1) is 5.56 Å². The van der Waals surface area contributed by atoms with E-state index < -0.39 is 51.0 Å². The van der Waals surface area contributed by atoms with E-state index in [0.29, 0.717) is 0 Å². The molecule has 0 aliphatic rings. The standard InChI is InChI=1S/C11H11B2F6NO5S/c12-4-1-5(7(20)6(13)2-4)8(21)25-9(10(14,15)16,11(17,18)19)3-26(22,23)24/h1-2H,3,12-13,20H2,(H,22,23,24). The summed E-state index contributed by atoms with van der Waals surface area (Å²) >= 11 is 0. The summed E-state index contributed by atoms with van der Waals surface area (Å²) in [6.07, 6.45) is -12.8. The van der Waals surface area contributed by atoms with Crippen molar-refractivity contribution in [2.24, 2.45) is 0 Å². The fraction of sp³-hybridized carbons (Fsp3) is 0.364. The van der Waals surface area contributed by atoms with Crippen LogP contribution in [0.5, 0.6) is 0 Å². The van der Waals surface area contributed by atoms with Gasteiger partial charge < -0.3 is 10.5 Å². The first-order valence-electron chi connectivity index (χ1n) is 6.60. The molecular formula is C11H11B2F6NO5S. The Morgan fingerprint density at radius 3 is 1.96 bits per heavy atom. The number of hydrogen-bond acceptors (Lipinski definition) is 5. The molecule has 1 aromatic carbocycles. The number of halogens is 6. The van der Waals surface area contributed by atoms with Gasteiger partial charge in [-0.1, -0.05) is 23.1 Å². The number of hydrogen-bond donors (Lipinski definition) is 2. The van der Waals surface area contributed by atoms with Gasteiger partial charge in [-0.15, -0.1) is 0 Å². The van der Waals surface area contributed by atoms with Gasteiger partial charge in [-0.25, -0.2) is 4.79 Å². The van der Waals surface area contributed by atoms with Gasteiger partial charge in [0.15, 0.2) is 0 Å². The Balaban J connectivity index is 3.58. The van der Waals surface area contributed by atoms with Crippen molar-refractivity contribution < 1.29 is 48.8 Å². The molecule has 0 amide bonds. The maximum absolute atomic E-state index is 13.1. The van der Waals surface area contributed by atoms with Crippen LogP contribution in [0.4, 0.5) is 32.0 Å². The molecule has 0 fully saturated rings. The number of nitrogen functional groups attached to an aromatic ring is 1. The van der Waals surface area contributed by atoms with Crippen LogP contribution in [0.25, 0.3) is 0 Å². The Hall–Kier alpha value is -1.89. The fourth-order valence-corrected chi connectivity index (χ4v) is 2.99. The van der Waals surface area contributed by atoms with Crippen LogP contribution < -0.4 is 16.7 Å². The second-order valence-corrected chi connectivity index (χ2v) is 6.93. The molecule has 0 saturated heterocycles. The van der Waals surface area contributed by atoms with E-state index in [1.165, 1.54) is 21.8 Å². The number of esters is 1. The van der Waals surface area contributed by atoms with Crippen LogP contribution in [0, 0.1) is 0 Å². The molecule has 0 bridgehead atoms. The highest BCUT2D eigenvalue weighted by atomic mass is 32.2. The molecule has 1 aromatic rings. The number of benzene rings is 1. The van der Waals surface area contributed by atoms with Gasteiger partial charge in [-0.2, -0.15) is 34.8 Å². The highest BCUT2D eigenvalue weighted by Crippen LogP contribution is 2.47. The molecular weight excluding hydrogens is 394 g/mol. The lowest BCUT2D eigenvalue weighted by Crippen LogP contribution is -2.63. The summed E-state index contributed by atoms with van der Waals surface area (Å²) < 4.78 is 113. The number of rotatable bonds is 4. The molecule has 0 unspecified atom stereocenters. The minimum absolute atomic E-state index is 0.177. The summed E-state index contributed by atoms with van der Waals surface area (Å²) in [6.45, 7) is 0. The molecule has 0 aliphatic heterocycles. The number of carbonyl (C=O) groups excluding carboxylic acids is 1. The van der Waals surface area contributed by atoms with Crippen molar-refractivity contribution in [2.45, 2.75) is 18.0 Å². The topological polar surface area (TPSA) is 107 Å². The lowest BCUT2D eigenvalue weighted by molar-refractivity contribution is -0.356. The first-order chi connectivity index (χ1) is 11.4. The molecule has 0 atom stereocenters. The van der Waals surface area contributed by atoms with E-state index in [1.807, 2.05) is 0 Å². The largest absolute Gasteiger partial charge is 0.438 e. The first kappa shape index (κ1) is 22.2. The van der Waals surface area contributed by atoms with E-state index in [9.17, 15) is 39.6 Å². The monoisotopic (exact) mass is 405 g/mol. The van der Waals surface area contributed by atoms with Crippen LogP contribution in [0.1, 0.15) is 10.4 Å². The highest BCUT2D eigenvalue weighted by molar-refractivity contribution is 7.85. The van der Waals surface area contributed by atoms with Crippen molar-refractivity contribution in [1.29, 1.82) is 0 Å². The van der Waals surface area contributed by atoms with Gasteiger partial charge in [0.1, 0.15) is 21.4 Å². The summed E-state index contributed by atoms with van der Waals surface area (Å²) in [5.41, 5.74) is -0.783. The van der Waals surface area contributed by atoms with Gasteiger partial charge in [-0.05, 0) is 0 Å². The maximum atomic E-state index is 13.1. The van der Waals surface area contributed by atoms with Crippen LogP contribution in [-0.4, -0.2) is 58.3 Å². The third-order valence-electron chi connectivity index (χ3n) is 3.32. The van der Waals surface area contributed by atoms with E-state index in [-0.39, 0.29) is 10.9 Å². The Bertz CT molecular complexity index is 810. The van der Waals surface area contributed by atoms with Crippen molar-refractivity contribution in [3.8, 4) is 0 Å². The Kier molecular flexibility index (Phi) is 5.70. The molecule has 0 heterocycles. The Morgan fingerprint density at radius 1 is 1.12 bits per heavy atom. The molecule has 0 aliphatic carbocycles. The first-order valence-corrected chi connectivity index (χ1v) is 8.21. The lowest BCUT2D eigenvalue weighted by atomic mass is 9.84. The van der Waals surface area contributed by atoms with E-state index in [0.717, 1.165) is 6.07 Å². The number of nitrogens with two attached hydrogens (primary N) is 1. The average molecular weight is 405 g/mol. The fourth-order valence-electron chi connectivity index (χ4n) is 2.09. The molecule has 144 valence electrons. The zero-order chi connectivity index (χ0) is 20.7. The summed E-state index contributed by atoms with van der Waals surface area (Å²) in [5.74, 6) is -5.10. The van der Waals surface area contributed by atoms with Crippen LogP contribution >= 0.6 is 0 Å². The highest BCUT2D eigenvalue weighted by Gasteiger charge is 2.76. The van der Waals surface area contributed by atoms with E-state index >= 15 is 0 Å². The summed E-state index contributed by atoms with van der Waals surface area (Å²) in [6, 6.07) is 2.29. The molecule has 0 aromatic heterocycles. The number of anilines is 1. The normalized spacial score (nSPS) is 13.5. The SMILES string of the molecule is Bc1cc(B)c(N)c(C(=O)OC(CS(=O)(=O)O)(C(F)(F)F)C(F)(F)F)c1. The van der Waals surface area contributed by atoms with Crippen molar-refractivity contribution in [1.82, 2.24) is 0 Å². The third kappa shape index (κ3) is 4.44. The molecule has 0 saturated carbocycles. The maximum Gasteiger partial charge on any atom is 0.438 e. The summed E-state index contributed by atoms with van der Waals surface area (Å²) in [7, 11) is -3.11. The van der Waals surface area contributed by atoms with Crippen molar-refractivity contribution in [2.75, 3.05) is 11.5 Å². The van der Waals surface area contributed by atoms with E-state index in [2.05, 4.69) is 4.74 Å². The van der Waals surface area contributed by atoms with Crippen LogP contribution in [0.3, 0.4) is 0 Å². The minimum Gasteiger partial charge on any atom is -0.435 e. The molecule has 26 heavy (non-hydrogen) atoms. The zero-order valence-electron chi connectivity index (χ0n) is 13.2. The second kappa shape index (κ2) is 6.68. The Labute approximate surface area is 145 Å². The quantitative estimate of drug-likeness (QED) is 0.212. The van der Waals surface area contributed by atoms with E-state index in [1.54, 1.807) is 0 Å². The molecule has 6 nitrogen and oxygen atoms in total. The predicted molar refractivity (Wildman–Crippen MR) is 83.9 cm³/mol. The van der Waals surface area contributed by atoms with Crippen LogP contribution in [0.15, 0.2) is 12.1 Å². The number of ether oxygens (including phenoxy) is 1. The Morgan fingerprint density at radius 2 is 1.58 bits per heavy atom. The van der Waals surface area contributed by atoms with Gasteiger partial charge >= 0.3 is 23.9 Å². The average Bonchev–Trinajstić information content (AvgIpc) is 2.37. The van der Waals surface area contributed by atoms with Crippen molar-refractivity contribution in [3.05, 3.63) is 17.7 Å². The zero-order valence-corrected chi connectivity index (χ0v) is 14.0.